The summed E-state index contributed by atoms with van der Waals surface area (Å²) in [6.07, 6.45) is 3.03. The van der Waals surface area contributed by atoms with Gasteiger partial charge in [0.25, 0.3) is 0 Å². The van der Waals surface area contributed by atoms with E-state index in [1.165, 1.54) is 18.1 Å². The molecule has 2 unspecified atom stereocenters. The quantitative estimate of drug-likeness (QED) is 0.844. The first-order valence-electron chi connectivity index (χ1n) is 6.57. The molecule has 1 aliphatic rings. The average Bonchev–Trinajstić information content (AvgIpc) is 2.67. The molecule has 1 saturated heterocycles. The fourth-order valence-corrected chi connectivity index (χ4v) is 5.13. The Morgan fingerprint density at radius 1 is 1.14 bits per heavy atom. The Balaban J connectivity index is 2.11. The van der Waals surface area contributed by atoms with Crippen LogP contribution in [0.3, 0.4) is 0 Å². The minimum Gasteiger partial charge on any atom is -0.323 e. The molecule has 0 saturated carbocycles. The highest BCUT2D eigenvalue weighted by Crippen LogP contribution is 2.43. The van der Waals surface area contributed by atoms with E-state index in [-0.39, 0.29) is 0 Å². The van der Waals surface area contributed by atoms with Gasteiger partial charge < -0.3 is 4.90 Å². The maximum Gasteiger partial charge on any atom is 0.246 e. The van der Waals surface area contributed by atoms with Crippen LogP contribution in [0.5, 0.6) is 0 Å². The van der Waals surface area contributed by atoms with Crippen LogP contribution in [0.4, 0.5) is 0 Å². The predicted molar refractivity (Wildman–Crippen MR) is 82.9 cm³/mol. The van der Waals surface area contributed by atoms with Gasteiger partial charge in [-0.2, -0.15) is 0 Å². The van der Waals surface area contributed by atoms with E-state index in [4.69, 9.17) is 11.6 Å². The molecule has 1 aliphatic heterocycles. The summed E-state index contributed by atoms with van der Waals surface area (Å²) in [6.45, 7) is 0. The largest absolute Gasteiger partial charge is 0.323 e. The molecule has 1 fully saturated rings. The second-order valence-corrected chi connectivity index (χ2v) is 7.64. The standard InChI is InChI=1S/C15H13ClN2O3S/c1-18-14(19)13(10-4-6-12(16)7-5-10)22(20,21)15(18)11-3-2-8-17-9-11/h2-9,13,15H,1H3. The topological polar surface area (TPSA) is 67.3 Å². The van der Waals surface area contributed by atoms with Crippen LogP contribution in [-0.4, -0.2) is 31.3 Å². The van der Waals surface area contributed by atoms with Crippen molar-refractivity contribution in [3.63, 3.8) is 0 Å². The molecule has 2 aromatic rings. The normalized spacial score (nSPS) is 23.7. The molecule has 2 atom stereocenters. The second kappa shape index (κ2) is 5.37. The van der Waals surface area contributed by atoms with Crippen molar-refractivity contribution < 1.29 is 13.2 Å². The minimum atomic E-state index is -3.75. The van der Waals surface area contributed by atoms with E-state index in [1.807, 2.05) is 0 Å². The first kappa shape index (κ1) is 15.0. The van der Waals surface area contributed by atoms with Crippen LogP contribution < -0.4 is 0 Å². The zero-order valence-electron chi connectivity index (χ0n) is 11.7. The molecule has 5 nitrogen and oxygen atoms in total. The molecule has 114 valence electrons. The SMILES string of the molecule is CN1C(=O)C(c2ccc(Cl)cc2)S(=O)(=O)C1c1cccnc1. The van der Waals surface area contributed by atoms with Crippen molar-refractivity contribution in [2.45, 2.75) is 10.6 Å². The van der Waals surface area contributed by atoms with Crippen molar-refractivity contribution in [3.05, 3.63) is 64.9 Å². The predicted octanol–water partition coefficient (Wildman–Crippen LogP) is 2.36. The van der Waals surface area contributed by atoms with Gasteiger partial charge in [0.05, 0.1) is 0 Å². The molecular formula is C15H13ClN2O3S. The van der Waals surface area contributed by atoms with Crippen molar-refractivity contribution in [2.75, 3.05) is 7.05 Å². The molecule has 3 rings (SSSR count). The molecule has 0 N–H and O–H groups in total. The Hall–Kier alpha value is -1.92. The van der Waals surface area contributed by atoms with Gasteiger partial charge in [-0.15, -0.1) is 0 Å². The number of rotatable bonds is 2. The monoisotopic (exact) mass is 336 g/mol. The van der Waals surface area contributed by atoms with Crippen LogP contribution in [0.2, 0.25) is 5.02 Å². The third kappa shape index (κ3) is 2.28. The number of sulfone groups is 1. The van der Waals surface area contributed by atoms with Gasteiger partial charge in [-0.1, -0.05) is 29.8 Å². The van der Waals surface area contributed by atoms with Crippen LogP contribution in [0.25, 0.3) is 0 Å². The molecule has 7 heteroatoms. The van der Waals surface area contributed by atoms with E-state index < -0.39 is 26.4 Å². The Morgan fingerprint density at radius 2 is 1.82 bits per heavy atom. The molecular weight excluding hydrogens is 324 g/mol. The Morgan fingerprint density at radius 3 is 2.41 bits per heavy atom. The van der Waals surface area contributed by atoms with Crippen LogP contribution in [-0.2, 0) is 14.6 Å². The number of carbonyl (C=O) groups is 1. The number of carbonyl (C=O) groups excluding carboxylic acids is 1. The van der Waals surface area contributed by atoms with E-state index in [1.54, 1.807) is 42.6 Å². The number of aromatic nitrogens is 1. The van der Waals surface area contributed by atoms with Gasteiger partial charge in [-0.3, -0.25) is 9.78 Å². The molecule has 2 heterocycles. The summed E-state index contributed by atoms with van der Waals surface area (Å²) < 4.78 is 25.8. The summed E-state index contributed by atoms with van der Waals surface area (Å²) in [5, 5.41) is -1.74. The van der Waals surface area contributed by atoms with Gasteiger partial charge in [0.1, 0.15) is 0 Å². The van der Waals surface area contributed by atoms with Gasteiger partial charge in [-0.25, -0.2) is 8.42 Å². The van der Waals surface area contributed by atoms with Crippen molar-refractivity contribution in [1.29, 1.82) is 0 Å². The number of likely N-dealkylation sites (N-methyl/N-ethyl adjacent to an activating group) is 1. The number of hydrogen-bond acceptors (Lipinski definition) is 4. The summed E-state index contributed by atoms with van der Waals surface area (Å²) in [5.41, 5.74) is 0.905. The van der Waals surface area contributed by atoms with Gasteiger partial charge in [0, 0.05) is 30.0 Å². The number of nitrogens with zero attached hydrogens (tertiary/aromatic N) is 2. The van der Waals surface area contributed by atoms with Gasteiger partial charge in [-0.05, 0) is 23.8 Å². The van der Waals surface area contributed by atoms with Crippen LogP contribution in [0.15, 0.2) is 48.8 Å². The number of hydrogen-bond donors (Lipinski definition) is 0. The number of benzene rings is 1. The molecule has 0 bridgehead atoms. The van der Waals surface area contributed by atoms with E-state index in [2.05, 4.69) is 4.98 Å². The second-order valence-electron chi connectivity index (χ2n) is 5.11. The smallest absolute Gasteiger partial charge is 0.246 e. The lowest BCUT2D eigenvalue weighted by molar-refractivity contribution is -0.128. The summed E-state index contributed by atoms with van der Waals surface area (Å²) in [5.74, 6) is -0.448. The zero-order chi connectivity index (χ0) is 15.9. The fourth-order valence-electron chi connectivity index (χ4n) is 2.70. The van der Waals surface area contributed by atoms with Gasteiger partial charge in [0.2, 0.25) is 5.91 Å². The zero-order valence-corrected chi connectivity index (χ0v) is 13.3. The molecule has 0 spiro atoms. The molecule has 1 amide bonds. The number of amides is 1. The molecule has 1 aromatic heterocycles. The van der Waals surface area contributed by atoms with E-state index >= 15 is 0 Å². The lowest BCUT2D eigenvalue weighted by atomic mass is 10.1. The van der Waals surface area contributed by atoms with Crippen molar-refractivity contribution >= 4 is 27.3 Å². The summed E-state index contributed by atoms with van der Waals surface area (Å²) in [6, 6.07) is 9.61. The lowest BCUT2D eigenvalue weighted by Gasteiger charge is -2.17. The van der Waals surface area contributed by atoms with Crippen molar-refractivity contribution in [1.82, 2.24) is 9.88 Å². The highest BCUT2D eigenvalue weighted by Gasteiger charge is 2.52. The Bertz CT molecular complexity index is 806. The van der Waals surface area contributed by atoms with Gasteiger partial charge >= 0.3 is 0 Å². The molecule has 0 radical (unpaired) electrons. The van der Waals surface area contributed by atoms with Crippen LogP contribution >= 0.6 is 11.6 Å². The third-order valence-electron chi connectivity index (χ3n) is 3.71. The van der Waals surface area contributed by atoms with E-state index in [0.29, 0.717) is 16.1 Å². The number of pyridine rings is 1. The molecule has 22 heavy (non-hydrogen) atoms. The third-order valence-corrected chi connectivity index (χ3v) is 6.30. The van der Waals surface area contributed by atoms with E-state index in [0.717, 1.165) is 0 Å². The highest BCUT2D eigenvalue weighted by molar-refractivity contribution is 7.93. The lowest BCUT2D eigenvalue weighted by Crippen LogP contribution is -2.24. The summed E-state index contributed by atoms with van der Waals surface area (Å²) in [7, 11) is -2.26. The van der Waals surface area contributed by atoms with Crippen molar-refractivity contribution in [3.8, 4) is 0 Å². The summed E-state index contributed by atoms with van der Waals surface area (Å²) >= 11 is 5.83. The summed E-state index contributed by atoms with van der Waals surface area (Å²) in [4.78, 5) is 17.7. The highest BCUT2D eigenvalue weighted by atomic mass is 35.5. The Kier molecular flexibility index (Phi) is 3.66. The van der Waals surface area contributed by atoms with Crippen LogP contribution in [0.1, 0.15) is 21.8 Å². The minimum absolute atomic E-state index is 0.424. The molecule has 0 aliphatic carbocycles. The molecule has 1 aromatic carbocycles. The van der Waals surface area contributed by atoms with E-state index in [9.17, 15) is 13.2 Å². The van der Waals surface area contributed by atoms with Crippen LogP contribution in [0, 0.1) is 0 Å². The first-order chi connectivity index (χ1) is 10.4. The Labute approximate surface area is 133 Å². The van der Waals surface area contributed by atoms with Crippen molar-refractivity contribution in [2.24, 2.45) is 0 Å². The average molecular weight is 337 g/mol. The fraction of sp³-hybridized carbons (Fsp3) is 0.200. The maximum atomic E-state index is 12.9. The maximum absolute atomic E-state index is 12.9. The first-order valence-corrected chi connectivity index (χ1v) is 8.56. The van der Waals surface area contributed by atoms with Gasteiger partial charge in [0.15, 0.2) is 20.5 Å². The number of halogens is 1.